The molecule has 9 heteroatoms. The molecule has 1 aliphatic rings. The number of nitrogens with zero attached hydrogens (tertiary/aromatic N) is 1. The van der Waals surface area contributed by atoms with Crippen molar-refractivity contribution < 1.29 is 23.5 Å². The number of fused-ring (bicyclic) bond motifs is 1. The standard InChI is InChI=1S/C23H20F2N4O3/c1-3-12-7-17(25)15(8-16(12)24)22(32)29-23(2)9-13(10-23)26-21(31)14-5-4-6-18-20(14)28-19(11-30)27-18/h1,4-8,13,30H,9-11H2,2H3,(H,26,31)(H,27,28)(H,29,32). The lowest BCUT2D eigenvalue weighted by molar-refractivity contribution is 0.0749. The number of hydrogen-bond donors (Lipinski definition) is 4. The molecule has 2 aromatic carbocycles. The number of hydrogen-bond acceptors (Lipinski definition) is 4. The van der Waals surface area contributed by atoms with Crippen LogP contribution in [0.15, 0.2) is 30.3 Å². The van der Waals surface area contributed by atoms with Crippen molar-refractivity contribution in [3.05, 3.63) is 64.5 Å². The molecule has 0 saturated heterocycles. The minimum absolute atomic E-state index is 0.218. The van der Waals surface area contributed by atoms with Crippen molar-refractivity contribution >= 4 is 22.8 Å². The van der Waals surface area contributed by atoms with Gasteiger partial charge < -0.3 is 20.7 Å². The smallest absolute Gasteiger partial charge is 0.254 e. The van der Waals surface area contributed by atoms with Gasteiger partial charge in [-0.3, -0.25) is 9.59 Å². The van der Waals surface area contributed by atoms with Gasteiger partial charge in [-0.25, -0.2) is 13.8 Å². The molecule has 1 fully saturated rings. The van der Waals surface area contributed by atoms with Crippen molar-refractivity contribution in [3.8, 4) is 12.3 Å². The number of nitrogens with one attached hydrogen (secondary N) is 3. The fraction of sp³-hybridized carbons (Fsp3) is 0.261. The van der Waals surface area contributed by atoms with E-state index in [1.165, 1.54) is 0 Å². The number of aliphatic hydroxyl groups excluding tert-OH is 1. The summed E-state index contributed by atoms with van der Waals surface area (Å²) in [7, 11) is 0. The lowest BCUT2D eigenvalue weighted by Crippen LogP contribution is -2.62. The summed E-state index contributed by atoms with van der Waals surface area (Å²) in [5.74, 6) is -0.457. The SMILES string of the molecule is C#Cc1cc(F)c(C(=O)NC2(C)CC(NC(=O)c3cccc4[nH]c(CO)nc34)C2)cc1F. The van der Waals surface area contributed by atoms with Gasteiger partial charge in [0.1, 0.15) is 29.6 Å². The Kier molecular flexibility index (Phi) is 5.40. The normalized spacial score (nSPS) is 19.8. The number of amides is 2. The fourth-order valence-electron chi connectivity index (χ4n) is 4.01. The van der Waals surface area contributed by atoms with Gasteiger partial charge in [0, 0.05) is 11.6 Å². The van der Waals surface area contributed by atoms with Crippen molar-refractivity contribution in [2.45, 2.75) is 38.0 Å². The maximum absolute atomic E-state index is 14.2. The van der Waals surface area contributed by atoms with E-state index in [0.717, 1.165) is 12.1 Å². The first kappa shape index (κ1) is 21.5. The summed E-state index contributed by atoms with van der Waals surface area (Å²) in [5, 5.41) is 14.8. The Morgan fingerprint density at radius 3 is 2.69 bits per heavy atom. The molecule has 7 nitrogen and oxygen atoms in total. The molecular formula is C23H20F2N4O3. The number of rotatable bonds is 5. The monoisotopic (exact) mass is 438 g/mol. The Morgan fingerprint density at radius 2 is 2.00 bits per heavy atom. The number of carbonyl (C=O) groups excluding carboxylic acids is 2. The fourth-order valence-corrected chi connectivity index (χ4v) is 4.01. The van der Waals surface area contributed by atoms with E-state index in [1.807, 2.05) is 5.92 Å². The molecule has 2 amide bonds. The molecule has 3 aromatic rings. The number of H-pyrrole nitrogens is 1. The summed E-state index contributed by atoms with van der Waals surface area (Å²) in [5.41, 5.74) is 0.0810. The van der Waals surface area contributed by atoms with E-state index in [1.54, 1.807) is 25.1 Å². The summed E-state index contributed by atoms with van der Waals surface area (Å²) in [4.78, 5) is 32.4. The van der Waals surface area contributed by atoms with Crippen LogP contribution in [0.4, 0.5) is 8.78 Å². The molecule has 0 radical (unpaired) electrons. The van der Waals surface area contributed by atoms with Gasteiger partial charge in [-0.15, -0.1) is 6.42 Å². The van der Waals surface area contributed by atoms with Crippen LogP contribution in [0, 0.1) is 24.0 Å². The van der Waals surface area contributed by atoms with Crippen LogP contribution in [0.25, 0.3) is 11.0 Å². The summed E-state index contributed by atoms with van der Waals surface area (Å²) in [6, 6.07) is 6.48. The second-order valence-corrected chi connectivity index (χ2v) is 8.09. The third-order valence-corrected chi connectivity index (χ3v) is 5.56. The molecule has 0 aliphatic heterocycles. The van der Waals surface area contributed by atoms with Crippen LogP contribution in [-0.4, -0.2) is 38.5 Å². The highest BCUT2D eigenvalue weighted by molar-refractivity contribution is 6.05. The first-order valence-electron chi connectivity index (χ1n) is 9.90. The number of aromatic amines is 1. The number of benzene rings is 2. The Morgan fingerprint density at radius 1 is 1.25 bits per heavy atom. The van der Waals surface area contributed by atoms with Crippen LogP contribution in [-0.2, 0) is 6.61 Å². The number of aliphatic hydroxyl groups is 1. The molecule has 4 N–H and O–H groups in total. The van der Waals surface area contributed by atoms with Gasteiger partial charge in [-0.2, -0.15) is 0 Å². The summed E-state index contributed by atoms with van der Waals surface area (Å²) < 4.78 is 28.0. The molecule has 32 heavy (non-hydrogen) atoms. The number of imidazole rings is 1. The molecule has 164 valence electrons. The molecule has 4 rings (SSSR count). The summed E-state index contributed by atoms with van der Waals surface area (Å²) >= 11 is 0. The molecule has 0 atom stereocenters. The maximum Gasteiger partial charge on any atom is 0.254 e. The van der Waals surface area contributed by atoms with Crippen LogP contribution in [0.2, 0.25) is 0 Å². The van der Waals surface area contributed by atoms with Gasteiger partial charge in [0.05, 0.1) is 22.2 Å². The molecule has 0 bridgehead atoms. The number of terminal acetylenes is 1. The summed E-state index contributed by atoms with van der Waals surface area (Å²) in [6.07, 6.45) is 5.93. The molecular weight excluding hydrogens is 418 g/mol. The van der Waals surface area contributed by atoms with Gasteiger partial charge in [0.2, 0.25) is 0 Å². The van der Waals surface area contributed by atoms with Crippen LogP contribution in [0.5, 0.6) is 0 Å². The lowest BCUT2D eigenvalue weighted by atomic mass is 9.73. The van der Waals surface area contributed by atoms with Crippen LogP contribution in [0.3, 0.4) is 0 Å². The third kappa shape index (κ3) is 3.92. The van der Waals surface area contributed by atoms with E-state index in [0.29, 0.717) is 35.3 Å². The van der Waals surface area contributed by atoms with Gasteiger partial charge >= 0.3 is 0 Å². The Balaban J connectivity index is 1.40. The zero-order valence-corrected chi connectivity index (χ0v) is 17.1. The van der Waals surface area contributed by atoms with Crippen molar-refractivity contribution in [1.29, 1.82) is 0 Å². The molecule has 0 unspecified atom stereocenters. The second kappa shape index (κ2) is 8.05. The average Bonchev–Trinajstić information content (AvgIpc) is 3.17. The predicted octanol–water partition coefficient (Wildman–Crippen LogP) is 2.40. The van der Waals surface area contributed by atoms with E-state index in [2.05, 4.69) is 20.6 Å². The van der Waals surface area contributed by atoms with E-state index in [4.69, 9.17) is 6.42 Å². The minimum Gasteiger partial charge on any atom is -0.388 e. The number of halogens is 2. The Hall–Kier alpha value is -3.77. The minimum atomic E-state index is -0.904. The maximum atomic E-state index is 14.2. The van der Waals surface area contributed by atoms with Crippen LogP contribution in [0.1, 0.15) is 51.9 Å². The van der Waals surface area contributed by atoms with E-state index in [9.17, 15) is 23.5 Å². The molecule has 0 spiro atoms. The molecule has 1 heterocycles. The topological polar surface area (TPSA) is 107 Å². The largest absolute Gasteiger partial charge is 0.388 e. The van der Waals surface area contributed by atoms with Gasteiger partial charge in [0.15, 0.2) is 0 Å². The van der Waals surface area contributed by atoms with Crippen molar-refractivity contribution in [1.82, 2.24) is 20.6 Å². The molecule has 1 aromatic heterocycles. The highest BCUT2D eigenvalue weighted by Crippen LogP contribution is 2.33. The van der Waals surface area contributed by atoms with E-state index < -0.39 is 28.6 Å². The Bertz CT molecular complexity index is 1270. The van der Waals surface area contributed by atoms with Crippen molar-refractivity contribution in [2.24, 2.45) is 0 Å². The quantitative estimate of drug-likeness (QED) is 0.459. The lowest BCUT2D eigenvalue weighted by Gasteiger charge is -2.46. The zero-order valence-electron chi connectivity index (χ0n) is 17.1. The average molecular weight is 438 g/mol. The molecule has 1 saturated carbocycles. The predicted molar refractivity (Wildman–Crippen MR) is 113 cm³/mol. The van der Waals surface area contributed by atoms with Crippen LogP contribution < -0.4 is 10.6 Å². The van der Waals surface area contributed by atoms with Crippen LogP contribution >= 0.6 is 0 Å². The highest BCUT2D eigenvalue weighted by Gasteiger charge is 2.42. The second-order valence-electron chi connectivity index (χ2n) is 8.09. The van der Waals surface area contributed by atoms with Gasteiger partial charge in [-0.05, 0) is 44.0 Å². The number of aromatic nitrogens is 2. The molecule has 1 aliphatic carbocycles. The third-order valence-electron chi connectivity index (χ3n) is 5.56. The highest BCUT2D eigenvalue weighted by atomic mass is 19.1. The van der Waals surface area contributed by atoms with E-state index in [-0.39, 0.29) is 24.1 Å². The van der Waals surface area contributed by atoms with E-state index >= 15 is 0 Å². The first-order valence-corrected chi connectivity index (χ1v) is 9.90. The zero-order chi connectivity index (χ0) is 23.0. The first-order chi connectivity index (χ1) is 15.2. The van der Waals surface area contributed by atoms with Gasteiger partial charge in [-0.1, -0.05) is 12.0 Å². The van der Waals surface area contributed by atoms with Crippen molar-refractivity contribution in [3.63, 3.8) is 0 Å². The van der Waals surface area contributed by atoms with Crippen molar-refractivity contribution in [2.75, 3.05) is 0 Å². The van der Waals surface area contributed by atoms with Gasteiger partial charge in [0.25, 0.3) is 11.8 Å². The number of para-hydroxylation sites is 1. The number of carbonyl (C=O) groups is 2. The Labute approximate surface area is 182 Å². The summed E-state index contributed by atoms with van der Waals surface area (Å²) in [6.45, 7) is 1.49.